The molecular formula is C38H22N4O. The summed E-state index contributed by atoms with van der Waals surface area (Å²) in [5.74, 6) is 2.30. The zero-order valence-corrected chi connectivity index (χ0v) is 22.9. The molecular weight excluding hydrogens is 528 g/mol. The van der Waals surface area contributed by atoms with Crippen LogP contribution in [-0.2, 0) is 0 Å². The van der Waals surface area contributed by atoms with Gasteiger partial charge in [-0.2, -0.15) is 0 Å². The maximum atomic E-state index is 6.66. The van der Waals surface area contributed by atoms with Crippen LogP contribution >= 0.6 is 0 Å². The van der Waals surface area contributed by atoms with Crippen LogP contribution in [-0.4, -0.2) is 19.1 Å². The smallest absolute Gasteiger partial charge is 0.235 e. The van der Waals surface area contributed by atoms with Crippen molar-refractivity contribution in [2.75, 3.05) is 0 Å². The summed E-state index contributed by atoms with van der Waals surface area (Å²) >= 11 is 0. The quantitative estimate of drug-likeness (QED) is 0.215. The second-order valence-electron chi connectivity index (χ2n) is 11.0. The van der Waals surface area contributed by atoms with Crippen molar-refractivity contribution in [2.24, 2.45) is 0 Å². The first-order valence-corrected chi connectivity index (χ1v) is 14.4. The van der Waals surface area contributed by atoms with Crippen LogP contribution in [0.2, 0.25) is 0 Å². The molecule has 5 heteroatoms. The van der Waals surface area contributed by atoms with Gasteiger partial charge in [-0.1, -0.05) is 97.1 Å². The molecule has 0 N–H and O–H groups in total. The summed E-state index contributed by atoms with van der Waals surface area (Å²) in [6.45, 7) is 0. The van der Waals surface area contributed by atoms with Crippen molar-refractivity contribution in [3.63, 3.8) is 0 Å². The fourth-order valence-electron chi connectivity index (χ4n) is 6.95. The van der Waals surface area contributed by atoms with Gasteiger partial charge in [0.2, 0.25) is 5.95 Å². The van der Waals surface area contributed by atoms with Crippen molar-refractivity contribution >= 4 is 54.5 Å². The summed E-state index contributed by atoms with van der Waals surface area (Å²) in [4.78, 5) is 10.4. The number of aromatic nitrogens is 4. The first-order chi connectivity index (χ1) is 21.3. The van der Waals surface area contributed by atoms with Gasteiger partial charge in [-0.15, -0.1) is 0 Å². The van der Waals surface area contributed by atoms with Crippen LogP contribution in [0.3, 0.4) is 0 Å². The predicted molar refractivity (Wildman–Crippen MR) is 174 cm³/mol. The molecule has 200 valence electrons. The number of rotatable bonds is 2. The van der Waals surface area contributed by atoms with Gasteiger partial charge in [0.15, 0.2) is 11.5 Å². The molecule has 0 radical (unpaired) electrons. The summed E-state index contributed by atoms with van der Waals surface area (Å²) in [5.41, 5.74) is 8.24. The van der Waals surface area contributed by atoms with Gasteiger partial charge in [-0.05, 0) is 30.3 Å². The van der Waals surface area contributed by atoms with Crippen molar-refractivity contribution in [1.29, 1.82) is 0 Å². The van der Waals surface area contributed by atoms with Crippen LogP contribution in [0, 0.1) is 0 Å². The van der Waals surface area contributed by atoms with Crippen LogP contribution in [0.15, 0.2) is 133 Å². The average molecular weight is 551 g/mol. The van der Waals surface area contributed by atoms with Gasteiger partial charge in [0.05, 0.1) is 39.0 Å². The van der Waals surface area contributed by atoms with Gasteiger partial charge < -0.3 is 9.30 Å². The van der Waals surface area contributed by atoms with E-state index >= 15 is 0 Å². The third-order valence-electron chi connectivity index (χ3n) is 8.70. The van der Waals surface area contributed by atoms with E-state index in [1.807, 2.05) is 30.3 Å². The molecule has 0 spiro atoms. The highest BCUT2D eigenvalue weighted by molar-refractivity contribution is 6.30. The lowest BCUT2D eigenvalue weighted by Crippen LogP contribution is -2.05. The zero-order valence-electron chi connectivity index (χ0n) is 22.9. The fraction of sp³-hybridized carbons (Fsp3) is 0. The summed E-state index contributed by atoms with van der Waals surface area (Å²) in [6, 6.07) is 46.3. The Kier molecular flexibility index (Phi) is 4.39. The number of hydrogen-bond acceptors (Lipinski definition) is 3. The predicted octanol–water partition coefficient (Wildman–Crippen LogP) is 9.60. The molecule has 0 amide bonds. The number of fused-ring (bicyclic) bond motifs is 10. The van der Waals surface area contributed by atoms with Crippen LogP contribution in [0.1, 0.15) is 0 Å². The van der Waals surface area contributed by atoms with Gasteiger partial charge >= 0.3 is 0 Å². The van der Waals surface area contributed by atoms with E-state index in [2.05, 4.69) is 112 Å². The van der Waals surface area contributed by atoms with Crippen LogP contribution < -0.4 is 4.74 Å². The number of hydrogen-bond donors (Lipinski definition) is 0. The Morgan fingerprint density at radius 3 is 1.98 bits per heavy atom. The maximum Gasteiger partial charge on any atom is 0.235 e. The Morgan fingerprint density at radius 2 is 1.14 bits per heavy atom. The maximum absolute atomic E-state index is 6.66. The highest BCUT2D eigenvalue weighted by atomic mass is 16.5. The lowest BCUT2D eigenvalue weighted by atomic mass is 10.0. The second kappa shape index (κ2) is 8.30. The van der Waals surface area contributed by atoms with E-state index in [-0.39, 0.29) is 0 Å². The van der Waals surface area contributed by atoms with Crippen molar-refractivity contribution in [3.8, 4) is 34.4 Å². The number of nitrogens with zero attached hydrogens (tertiary/aromatic N) is 4. The topological polar surface area (TPSA) is 44.9 Å². The molecule has 0 aliphatic carbocycles. The molecule has 0 saturated heterocycles. The Hall–Kier alpha value is -5.94. The normalized spacial score (nSPS) is 12.4. The van der Waals surface area contributed by atoms with E-state index in [1.54, 1.807) is 0 Å². The zero-order chi connectivity index (χ0) is 28.1. The molecule has 1 aliphatic rings. The number of benzene rings is 6. The fourth-order valence-corrected chi connectivity index (χ4v) is 6.95. The number of para-hydroxylation sites is 5. The largest absolute Gasteiger partial charge is 0.453 e. The van der Waals surface area contributed by atoms with Crippen molar-refractivity contribution in [3.05, 3.63) is 133 Å². The van der Waals surface area contributed by atoms with Gasteiger partial charge in [-0.3, -0.25) is 4.57 Å². The van der Waals surface area contributed by atoms with E-state index in [4.69, 9.17) is 14.7 Å². The lowest BCUT2D eigenvalue weighted by Gasteiger charge is -2.21. The van der Waals surface area contributed by atoms with Crippen LogP contribution in [0.4, 0.5) is 0 Å². The molecule has 10 rings (SSSR count). The summed E-state index contributed by atoms with van der Waals surface area (Å²) in [7, 11) is 0. The van der Waals surface area contributed by atoms with Crippen LogP contribution in [0.25, 0.3) is 77.4 Å². The Labute approximate surface area is 245 Å². The van der Waals surface area contributed by atoms with E-state index in [9.17, 15) is 0 Å². The van der Waals surface area contributed by atoms with Gasteiger partial charge in [0, 0.05) is 38.6 Å². The third kappa shape index (κ3) is 3.00. The number of ether oxygens (including phenoxy) is 1. The Morgan fingerprint density at radius 1 is 0.488 bits per heavy atom. The molecule has 0 atom stereocenters. The molecule has 0 saturated carbocycles. The molecule has 5 nitrogen and oxygen atoms in total. The SMILES string of the molecule is c1ccc(-c2nc(-n3c4ccccc4c4c5c6ccccc6n6c5c(cc43)Oc3ccccc3-6)nc3ccccc23)cc1. The van der Waals surface area contributed by atoms with Crippen molar-refractivity contribution < 1.29 is 4.74 Å². The second-order valence-corrected chi connectivity index (χ2v) is 11.0. The highest BCUT2D eigenvalue weighted by Crippen LogP contribution is 2.50. The molecule has 4 heterocycles. The average Bonchev–Trinajstić information content (AvgIpc) is 3.59. The first kappa shape index (κ1) is 22.7. The van der Waals surface area contributed by atoms with Crippen LogP contribution in [0.5, 0.6) is 11.5 Å². The first-order valence-electron chi connectivity index (χ1n) is 14.4. The monoisotopic (exact) mass is 550 g/mol. The van der Waals surface area contributed by atoms with Crippen molar-refractivity contribution in [1.82, 2.24) is 19.1 Å². The molecule has 3 aromatic heterocycles. The molecule has 0 fully saturated rings. The minimum atomic E-state index is 0.634. The minimum absolute atomic E-state index is 0.634. The van der Waals surface area contributed by atoms with E-state index in [0.29, 0.717) is 5.95 Å². The molecule has 0 bridgehead atoms. The summed E-state index contributed by atoms with van der Waals surface area (Å²) < 4.78 is 11.2. The van der Waals surface area contributed by atoms with E-state index in [1.165, 1.54) is 16.2 Å². The lowest BCUT2D eigenvalue weighted by molar-refractivity contribution is 0.477. The highest BCUT2D eigenvalue weighted by Gasteiger charge is 2.28. The van der Waals surface area contributed by atoms with Gasteiger partial charge in [0.25, 0.3) is 0 Å². The van der Waals surface area contributed by atoms with E-state index < -0.39 is 0 Å². The third-order valence-corrected chi connectivity index (χ3v) is 8.70. The Balaban J connectivity index is 1.40. The van der Waals surface area contributed by atoms with Gasteiger partial charge in [-0.25, -0.2) is 9.97 Å². The molecule has 1 aliphatic heterocycles. The molecule has 6 aromatic carbocycles. The molecule has 0 unspecified atom stereocenters. The summed E-state index contributed by atoms with van der Waals surface area (Å²) in [5, 5.41) is 5.72. The van der Waals surface area contributed by atoms with E-state index in [0.717, 1.165) is 66.8 Å². The molecule has 9 aromatic rings. The van der Waals surface area contributed by atoms with Crippen molar-refractivity contribution in [2.45, 2.75) is 0 Å². The summed E-state index contributed by atoms with van der Waals surface area (Å²) in [6.07, 6.45) is 0. The molecule has 43 heavy (non-hydrogen) atoms. The van der Waals surface area contributed by atoms with Gasteiger partial charge in [0.1, 0.15) is 0 Å². The minimum Gasteiger partial charge on any atom is -0.453 e. The standard InChI is InChI=1S/C38H22N4O/c1-2-12-23(13-3-1)36-24-14-4-7-17-27(24)39-38(40-36)42-29-19-9-5-15-25(29)34-31(42)22-33-37-35(34)26-16-6-8-18-28(26)41(37)30-20-10-11-21-32(30)43-33/h1-22H. The Bertz CT molecular complexity index is 2590.